The molecule has 0 fully saturated rings. The molecule has 0 saturated heterocycles. The van der Waals surface area contributed by atoms with Crippen molar-refractivity contribution in [1.82, 2.24) is 4.98 Å². The van der Waals surface area contributed by atoms with Gasteiger partial charge in [0.25, 0.3) is 5.91 Å². The summed E-state index contributed by atoms with van der Waals surface area (Å²) in [5, 5.41) is 0.427. The minimum absolute atomic E-state index is 0.0329. The van der Waals surface area contributed by atoms with Gasteiger partial charge in [0.15, 0.2) is 16.9 Å². The van der Waals surface area contributed by atoms with Crippen molar-refractivity contribution < 1.29 is 18.7 Å². The molecule has 0 spiro atoms. The molecule has 1 atom stereocenters. The van der Waals surface area contributed by atoms with Gasteiger partial charge in [-0.05, 0) is 55.3 Å². The second-order valence-electron chi connectivity index (χ2n) is 8.28. The number of benzene rings is 2. The van der Waals surface area contributed by atoms with Crippen LogP contribution in [0.4, 0.5) is 5.82 Å². The van der Waals surface area contributed by atoms with E-state index in [1.54, 1.807) is 48.7 Å². The third-order valence-electron chi connectivity index (χ3n) is 6.01. The zero-order chi connectivity index (χ0) is 24.4. The standard InChI is InChI=1S/C28H26N2O5/c1-3-5-16-34-21-14-13-18(17-22(21)33-4-2)25-24-26(31)19-10-6-7-11-20(19)35-27(24)28(32)30(25)23-12-8-9-15-29-23/h6-15,17,25H,3-5,16H2,1-2H3/t25-/m1/s1. The summed E-state index contributed by atoms with van der Waals surface area (Å²) in [5.74, 6) is 1.24. The predicted octanol–water partition coefficient (Wildman–Crippen LogP) is 5.52. The Kier molecular flexibility index (Phi) is 6.23. The Bertz CT molecular complexity index is 1430. The minimum Gasteiger partial charge on any atom is -0.490 e. The predicted molar refractivity (Wildman–Crippen MR) is 133 cm³/mol. The lowest BCUT2D eigenvalue weighted by Gasteiger charge is -2.25. The van der Waals surface area contributed by atoms with Crippen LogP contribution < -0.4 is 19.8 Å². The number of unbranched alkanes of at least 4 members (excludes halogenated alkanes) is 1. The Morgan fingerprint density at radius 3 is 2.57 bits per heavy atom. The van der Waals surface area contributed by atoms with E-state index in [1.807, 2.05) is 25.1 Å². The van der Waals surface area contributed by atoms with Crippen LogP contribution in [0, 0.1) is 0 Å². The summed E-state index contributed by atoms with van der Waals surface area (Å²) in [7, 11) is 0. The molecule has 0 aliphatic carbocycles. The molecule has 1 aliphatic heterocycles. The van der Waals surface area contributed by atoms with Crippen LogP contribution in [0.2, 0.25) is 0 Å². The fraction of sp³-hybridized carbons (Fsp3) is 0.250. The Morgan fingerprint density at radius 2 is 1.80 bits per heavy atom. The van der Waals surface area contributed by atoms with Gasteiger partial charge in [-0.25, -0.2) is 4.98 Å². The number of carbonyl (C=O) groups excluding carboxylic acids is 1. The van der Waals surface area contributed by atoms with Crippen LogP contribution in [0.25, 0.3) is 11.0 Å². The van der Waals surface area contributed by atoms with Crippen LogP contribution in [-0.2, 0) is 0 Å². The molecule has 0 radical (unpaired) electrons. The Hall–Kier alpha value is -4.13. The smallest absolute Gasteiger partial charge is 0.296 e. The molecule has 0 saturated carbocycles. The lowest BCUT2D eigenvalue weighted by Crippen LogP contribution is -2.30. The summed E-state index contributed by atoms with van der Waals surface area (Å²) in [6.45, 7) is 5.03. The van der Waals surface area contributed by atoms with Crippen LogP contribution in [0.15, 0.2) is 76.1 Å². The van der Waals surface area contributed by atoms with Gasteiger partial charge >= 0.3 is 0 Å². The van der Waals surface area contributed by atoms with E-state index >= 15 is 0 Å². The second kappa shape index (κ2) is 9.62. The lowest BCUT2D eigenvalue weighted by atomic mass is 9.98. The molecule has 2 aromatic heterocycles. The van der Waals surface area contributed by atoms with Crippen molar-refractivity contribution in [3.8, 4) is 11.5 Å². The number of nitrogens with zero attached hydrogens (tertiary/aromatic N) is 2. The van der Waals surface area contributed by atoms with Gasteiger partial charge in [-0.3, -0.25) is 14.5 Å². The maximum absolute atomic E-state index is 13.7. The molecule has 5 rings (SSSR count). The summed E-state index contributed by atoms with van der Waals surface area (Å²) in [6.07, 6.45) is 3.57. The van der Waals surface area contributed by atoms with Crippen molar-refractivity contribution in [1.29, 1.82) is 0 Å². The fourth-order valence-electron chi connectivity index (χ4n) is 4.38. The first kappa shape index (κ1) is 22.7. The number of amides is 1. The number of rotatable bonds is 8. The molecule has 1 amide bonds. The number of hydrogen-bond acceptors (Lipinski definition) is 6. The van der Waals surface area contributed by atoms with Gasteiger partial charge in [0.2, 0.25) is 5.76 Å². The van der Waals surface area contributed by atoms with Crippen LogP contribution in [0.5, 0.6) is 11.5 Å². The van der Waals surface area contributed by atoms with Gasteiger partial charge < -0.3 is 13.9 Å². The van der Waals surface area contributed by atoms with Gasteiger partial charge in [-0.1, -0.05) is 37.6 Å². The highest BCUT2D eigenvalue weighted by Crippen LogP contribution is 2.42. The van der Waals surface area contributed by atoms with E-state index in [2.05, 4.69) is 11.9 Å². The molecule has 7 nitrogen and oxygen atoms in total. The number of pyridine rings is 1. The number of carbonyl (C=O) groups is 1. The second-order valence-corrected chi connectivity index (χ2v) is 8.28. The molecule has 0 N–H and O–H groups in total. The van der Waals surface area contributed by atoms with Crippen molar-refractivity contribution in [3.05, 3.63) is 94.0 Å². The zero-order valence-corrected chi connectivity index (χ0v) is 19.7. The number of anilines is 1. The van der Waals surface area contributed by atoms with E-state index in [9.17, 15) is 9.59 Å². The Labute approximate surface area is 202 Å². The fourth-order valence-corrected chi connectivity index (χ4v) is 4.38. The molecule has 178 valence electrons. The maximum Gasteiger partial charge on any atom is 0.296 e. The first-order valence-electron chi connectivity index (χ1n) is 11.8. The zero-order valence-electron chi connectivity index (χ0n) is 19.7. The van der Waals surface area contributed by atoms with Crippen LogP contribution in [-0.4, -0.2) is 24.1 Å². The van der Waals surface area contributed by atoms with E-state index < -0.39 is 11.9 Å². The normalized spacial score (nSPS) is 14.9. The summed E-state index contributed by atoms with van der Waals surface area (Å²) in [6, 6.07) is 17.1. The molecule has 0 bridgehead atoms. The van der Waals surface area contributed by atoms with Gasteiger partial charge in [-0.15, -0.1) is 0 Å². The van der Waals surface area contributed by atoms with Crippen molar-refractivity contribution >= 4 is 22.7 Å². The highest BCUT2D eigenvalue weighted by Gasteiger charge is 2.44. The molecule has 4 aromatic rings. The molecule has 1 aliphatic rings. The summed E-state index contributed by atoms with van der Waals surface area (Å²) in [4.78, 5) is 33.2. The number of ether oxygens (including phenoxy) is 2. The average molecular weight is 471 g/mol. The highest BCUT2D eigenvalue weighted by atomic mass is 16.5. The quantitative estimate of drug-likeness (QED) is 0.316. The van der Waals surface area contributed by atoms with Crippen molar-refractivity contribution in [2.75, 3.05) is 18.1 Å². The molecule has 3 heterocycles. The Balaban J connectivity index is 1.70. The third kappa shape index (κ3) is 4.03. The largest absolute Gasteiger partial charge is 0.490 e. The van der Waals surface area contributed by atoms with Crippen LogP contribution in [0.3, 0.4) is 0 Å². The molecule has 0 unspecified atom stereocenters. The topological polar surface area (TPSA) is 81.9 Å². The summed E-state index contributed by atoms with van der Waals surface area (Å²) >= 11 is 0. The van der Waals surface area contributed by atoms with Gasteiger partial charge in [0.1, 0.15) is 11.4 Å². The first-order valence-corrected chi connectivity index (χ1v) is 11.8. The van der Waals surface area contributed by atoms with Crippen molar-refractivity contribution in [3.63, 3.8) is 0 Å². The number of fused-ring (bicyclic) bond motifs is 2. The van der Waals surface area contributed by atoms with Gasteiger partial charge in [0, 0.05) is 6.20 Å². The van der Waals surface area contributed by atoms with Crippen LogP contribution >= 0.6 is 0 Å². The summed E-state index contributed by atoms with van der Waals surface area (Å²) < 4.78 is 17.8. The van der Waals surface area contributed by atoms with E-state index in [1.165, 1.54) is 4.90 Å². The maximum atomic E-state index is 13.7. The van der Waals surface area contributed by atoms with Gasteiger partial charge in [0.05, 0.1) is 30.2 Å². The molecular formula is C28H26N2O5. The monoisotopic (exact) mass is 470 g/mol. The first-order chi connectivity index (χ1) is 17.1. The molecule has 2 aromatic carbocycles. The number of aromatic nitrogens is 1. The molecule has 35 heavy (non-hydrogen) atoms. The van der Waals surface area contributed by atoms with E-state index in [-0.39, 0.29) is 11.2 Å². The van der Waals surface area contributed by atoms with Crippen LogP contribution in [0.1, 0.15) is 54.4 Å². The van der Waals surface area contributed by atoms with Crippen molar-refractivity contribution in [2.45, 2.75) is 32.7 Å². The lowest BCUT2D eigenvalue weighted by molar-refractivity contribution is 0.0970. The number of para-hydroxylation sites is 1. The SMILES string of the molecule is CCCCOc1ccc([C@@H]2c3c(oc4ccccc4c3=O)C(=O)N2c2ccccn2)cc1OCC. The van der Waals surface area contributed by atoms with E-state index in [0.717, 1.165) is 12.8 Å². The summed E-state index contributed by atoms with van der Waals surface area (Å²) in [5.41, 5.74) is 1.14. The highest BCUT2D eigenvalue weighted by molar-refractivity contribution is 6.10. The third-order valence-corrected chi connectivity index (χ3v) is 6.01. The van der Waals surface area contributed by atoms with Crippen molar-refractivity contribution in [2.24, 2.45) is 0 Å². The molecule has 7 heteroatoms. The molecular weight excluding hydrogens is 444 g/mol. The average Bonchev–Trinajstić information content (AvgIpc) is 3.18. The minimum atomic E-state index is -0.725. The van der Waals surface area contributed by atoms with E-state index in [0.29, 0.717) is 52.6 Å². The van der Waals surface area contributed by atoms with Gasteiger partial charge in [-0.2, -0.15) is 0 Å². The Morgan fingerprint density at radius 1 is 0.971 bits per heavy atom. The number of hydrogen-bond donors (Lipinski definition) is 0. The van der Waals surface area contributed by atoms with E-state index in [4.69, 9.17) is 13.9 Å².